The number of amides is 2. The Balaban J connectivity index is 1.53. The Labute approximate surface area is 182 Å². The number of sulfonamides is 1. The third-order valence-electron chi connectivity index (χ3n) is 4.93. The molecule has 3 rings (SSSR count). The first-order chi connectivity index (χ1) is 14.2. The highest BCUT2D eigenvalue weighted by Gasteiger charge is 2.23. The number of hydrogen-bond donors (Lipinski definition) is 2. The average molecular weight is 452 g/mol. The van der Waals surface area contributed by atoms with Crippen LogP contribution in [0.5, 0.6) is 0 Å². The Bertz CT molecular complexity index is 990. The van der Waals surface area contributed by atoms with Gasteiger partial charge in [-0.3, -0.25) is 9.88 Å². The smallest absolute Gasteiger partial charge is 0.319 e. The number of nitrogens with zero attached hydrogens (tertiary/aromatic N) is 3. The van der Waals surface area contributed by atoms with Gasteiger partial charge in [0.15, 0.2) is 0 Å². The first-order valence-electron chi connectivity index (χ1n) is 9.63. The summed E-state index contributed by atoms with van der Waals surface area (Å²) in [6, 6.07) is 9.03. The number of hydrogen-bond acceptors (Lipinski definition) is 5. The number of pyridine rings is 1. The molecule has 1 saturated heterocycles. The van der Waals surface area contributed by atoms with Gasteiger partial charge in [-0.1, -0.05) is 23.7 Å². The highest BCUT2D eigenvalue weighted by atomic mass is 35.5. The van der Waals surface area contributed by atoms with Gasteiger partial charge in [0, 0.05) is 50.0 Å². The lowest BCUT2D eigenvalue weighted by atomic mass is 10.1. The minimum absolute atomic E-state index is 0.291. The molecule has 0 radical (unpaired) electrons. The second kappa shape index (κ2) is 9.74. The van der Waals surface area contributed by atoms with Gasteiger partial charge < -0.3 is 10.6 Å². The normalized spacial score (nSPS) is 15.7. The fourth-order valence-electron chi connectivity index (χ4n) is 3.23. The van der Waals surface area contributed by atoms with Gasteiger partial charge in [0.05, 0.1) is 18.1 Å². The molecule has 1 fully saturated rings. The number of carbonyl (C=O) groups excluding carboxylic acids is 1. The largest absolute Gasteiger partial charge is 0.334 e. The molecule has 162 valence electrons. The van der Waals surface area contributed by atoms with Crippen LogP contribution >= 0.6 is 11.6 Å². The number of benzene rings is 1. The summed E-state index contributed by atoms with van der Waals surface area (Å²) in [5.74, 6) is 0. The first kappa shape index (κ1) is 22.5. The maximum atomic E-state index is 12.1. The SMILES string of the molecule is Cc1ccc(NC(=O)NCc2cc(CN3CCN(S(C)(=O)=O)CC3)ccc2Cl)cn1. The van der Waals surface area contributed by atoms with Gasteiger partial charge in [-0.05, 0) is 36.2 Å². The first-order valence-corrected chi connectivity index (χ1v) is 11.9. The number of piperazine rings is 1. The van der Waals surface area contributed by atoms with Crippen molar-refractivity contribution in [1.29, 1.82) is 0 Å². The summed E-state index contributed by atoms with van der Waals surface area (Å²) in [7, 11) is -3.14. The van der Waals surface area contributed by atoms with Crippen LogP contribution < -0.4 is 10.6 Å². The molecule has 10 heteroatoms. The molecule has 0 bridgehead atoms. The summed E-state index contributed by atoms with van der Waals surface area (Å²) in [5.41, 5.74) is 3.38. The van der Waals surface area contributed by atoms with Crippen molar-refractivity contribution in [1.82, 2.24) is 19.5 Å². The topological polar surface area (TPSA) is 94.6 Å². The van der Waals surface area contributed by atoms with Gasteiger partial charge >= 0.3 is 6.03 Å². The summed E-state index contributed by atoms with van der Waals surface area (Å²) in [5, 5.41) is 6.13. The Kier molecular flexibility index (Phi) is 7.30. The Hall–Kier alpha value is -2.20. The van der Waals surface area contributed by atoms with Crippen molar-refractivity contribution in [3.8, 4) is 0 Å². The molecule has 1 aliphatic heterocycles. The van der Waals surface area contributed by atoms with Crippen LogP contribution in [0.4, 0.5) is 10.5 Å². The number of aryl methyl sites for hydroxylation is 1. The van der Waals surface area contributed by atoms with Gasteiger partial charge in [0.25, 0.3) is 0 Å². The number of carbonyl (C=O) groups is 1. The zero-order chi connectivity index (χ0) is 21.7. The third-order valence-corrected chi connectivity index (χ3v) is 6.60. The van der Waals surface area contributed by atoms with Crippen LogP contribution in [-0.4, -0.2) is 61.1 Å². The Morgan fingerprint density at radius 3 is 2.53 bits per heavy atom. The number of halogens is 1. The maximum absolute atomic E-state index is 12.1. The second-order valence-corrected chi connectivity index (χ2v) is 9.75. The van der Waals surface area contributed by atoms with Crippen molar-refractivity contribution < 1.29 is 13.2 Å². The van der Waals surface area contributed by atoms with Crippen LogP contribution in [0.25, 0.3) is 0 Å². The van der Waals surface area contributed by atoms with E-state index >= 15 is 0 Å². The molecule has 2 N–H and O–H groups in total. The van der Waals surface area contributed by atoms with E-state index in [9.17, 15) is 13.2 Å². The number of rotatable bonds is 6. The minimum Gasteiger partial charge on any atom is -0.334 e. The van der Waals surface area contributed by atoms with Crippen LogP contribution in [0.15, 0.2) is 36.5 Å². The number of urea groups is 1. The van der Waals surface area contributed by atoms with Crippen LogP contribution in [0, 0.1) is 6.92 Å². The average Bonchev–Trinajstić information content (AvgIpc) is 2.70. The maximum Gasteiger partial charge on any atom is 0.319 e. The van der Waals surface area contributed by atoms with Crippen molar-refractivity contribution in [2.45, 2.75) is 20.0 Å². The number of anilines is 1. The van der Waals surface area contributed by atoms with E-state index in [-0.39, 0.29) is 6.03 Å². The van der Waals surface area contributed by atoms with Crippen molar-refractivity contribution in [2.24, 2.45) is 0 Å². The van der Waals surface area contributed by atoms with Crippen molar-refractivity contribution in [2.75, 3.05) is 37.8 Å². The van der Waals surface area contributed by atoms with Crippen LogP contribution in [0.1, 0.15) is 16.8 Å². The molecular formula is C20H26ClN5O3S. The van der Waals surface area contributed by atoms with E-state index in [1.165, 1.54) is 10.6 Å². The van der Waals surface area contributed by atoms with Gasteiger partial charge in [-0.15, -0.1) is 0 Å². The minimum atomic E-state index is -3.14. The van der Waals surface area contributed by atoms with Gasteiger partial charge in [-0.25, -0.2) is 13.2 Å². The Morgan fingerprint density at radius 1 is 1.17 bits per heavy atom. The molecule has 1 aliphatic rings. The molecule has 2 amide bonds. The van der Waals surface area contributed by atoms with Crippen molar-refractivity contribution >= 4 is 33.3 Å². The molecule has 1 aromatic carbocycles. The lowest BCUT2D eigenvalue weighted by molar-refractivity contribution is 0.182. The fourth-order valence-corrected chi connectivity index (χ4v) is 4.24. The molecule has 1 aromatic heterocycles. The summed E-state index contributed by atoms with van der Waals surface area (Å²) < 4.78 is 24.8. The van der Waals surface area contributed by atoms with E-state index < -0.39 is 10.0 Å². The lowest BCUT2D eigenvalue weighted by Crippen LogP contribution is -2.47. The van der Waals surface area contributed by atoms with E-state index in [1.807, 2.05) is 31.2 Å². The predicted molar refractivity (Wildman–Crippen MR) is 118 cm³/mol. The van der Waals surface area contributed by atoms with Gasteiger partial charge in [0.1, 0.15) is 0 Å². The Morgan fingerprint density at radius 2 is 1.90 bits per heavy atom. The lowest BCUT2D eigenvalue weighted by Gasteiger charge is -2.33. The summed E-state index contributed by atoms with van der Waals surface area (Å²) in [4.78, 5) is 18.5. The molecule has 0 atom stereocenters. The van der Waals surface area contributed by atoms with Gasteiger partial charge in [-0.2, -0.15) is 4.31 Å². The molecule has 0 aliphatic carbocycles. The highest BCUT2D eigenvalue weighted by Crippen LogP contribution is 2.19. The molecule has 2 aromatic rings. The standard InChI is InChI=1S/C20H26ClN5O3S/c1-15-3-5-18(13-22-15)24-20(27)23-12-17-11-16(4-6-19(17)21)14-25-7-9-26(10-8-25)30(2,28)29/h3-6,11,13H,7-10,12,14H2,1-2H3,(H2,23,24,27). The van der Waals surface area contributed by atoms with E-state index in [0.717, 1.165) is 16.8 Å². The molecule has 0 spiro atoms. The summed E-state index contributed by atoms with van der Waals surface area (Å²) in [6.07, 6.45) is 2.85. The quantitative estimate of drug-likeness (QED) is 0.703. The van der Waals surface area contributed by atoms with Crippen molar-refractivity contribution in [3.63, 3.8) is 0 Å². The van der Waals surface area contributed by atoms with E-state index in [2.05, 4.69) is 20.5 Å². The van der Waals surface area contributed by atoms with E-state index in [0.29, 0.717) is 50.0 Å². The summed E-state index contributed by atoms with van der Waals surface area (Å²) in [6.45, 7) is 5.21. The second-order valence-electron chi connectivity index (χ2n) is 7.36. The molecular weight excluding hydrogens is 426 g/mol. The summed E-state index contributed by atoms with van der Waals surface area (Å²) >= 11 is 6.30. The molecule has 0 saturated carbocycles. The molecule has 2 heterocycles. The van der Waals surface area contributed by atoms with E-state index in [4.69, 9.17) is 11.6 Å². The number of nitrogens with one attached hydrogen (secondary N) is 2. The van der Waals surface area contributed by atoms with Crippen molar-refractivity contribution in [3.05, 3.63) is 58.4 Å². The van der Waals surface area contributed by atoms with Crippen LogP contribution in [-0.2, 0) is 23.1 Å². The van der Waals surface area contributed by atoms with Crippen LogP contribution in [0.3, 0.4) is 0 Å². The monoisotopic (exact) mass is 451 g/mol. The van der Waals surface area contributed by atoms with E-state index in [1.54, 1.807) is 12.3 Å². The zero-order valence-electron chi connectivity index (χ0n) is 17.1. The van der Waals surface area contributed by atoms with Crippen LogP contribution in [0.2, 0.25) is 5.02 Å². The predicted octanol–water partition coefficient (Wildman–Crippen LogP) is 2.44. The highest BCUT2D eigenvalue weighted by molar-refractivity contribution is 7.88. The molecule has 8 nitrogen and oxygen atoms in total. The molecule has 30 heavy (non-hydrogen) atoms. The zero-order valence-corrected chi connectivity index (χ0v) is 18.6. The fraction of sp³-hybridized carbons (Fsp3) is 0.400. The molecule has 0 unspecified atom stereocenters. The number of aromatic nitrogens is 1. The third kappa shape index (κ3) is 6.40. The van der Waals surface area contributed by atoms with Gasteiger partial charge in [0.2, 0.25) is 10.0 Å².